The van der Waals surface area contributed by atoms with Crippen molar-refractivity contribution < 1.29 is 9.53 Å². The second-order valence-corrected chi connectivity index (χ2v) is 6.59. The van der Waals surface area contributed by atoms with Crippen molar-refractivity contribution in [2.24, 2.45) is 0 Å². The molecule has 0 bridgehead atoms. The predicted molar refractivity (Wildman–Crippen MR) is 89.5 cm³/mol. The van der Waals surface area contributed by atoms with Crippen molar-refractivity contribution in [2.75, 3.05) is 39.3 Å². The van der Waals surface area contributed by atoms with Crippen LogP contribution in [0.3, 0.4) is 0 Å². The number of carbonyl (C=O) groups is 1. The second kappa shape index (κ2) is 6.24. The minimum atomic E-state index is 0.103. The van der Waals surface area contributed by atoms with Crippen LogP contribution in [0.2, 0.25) is 0 Å². The van der Waals surface area contributed by atoms with E-state index in [-0.39, 0.29) is 6.03 Å². The first-order chi connectivity index (χ1) is 11.3. The van der Waals surface area contributed by atoms with Gasteiger partial charge in [-0.2, -0.15) is 0 Å². The van der Waals surface area contributed by atoms with E-state index < -0.39 is 0 Å². The quantitative estimate of drug-likeness (QED) is 0.928. The molecule has 1 N–H and O–H groups in total. The lowest BCUT2D eigenvalue weighted by atomic mass is 10.0. The molecule has 23 heavy (non-hydrogen) atoms. The van der Waals surface area contributed by atoms with Gasteiger partial charge in [0.1, 0.15) is 12.4 Å². The molecule has 1 aromatic rings. The van der Waals surface area contributed by atoms with Gasteiger partial charge in [0.2, 0.25) is 0 Å². The summed E-state index contributed by atoms with van der Waals surface area (Å²) in [7, 11) is 0. The zero-order chi connectivity index (χ0) is 15.6. The number of benzene rings is 1. The predicted octanol–water partition coefficient (Wildman–Crippen LogP) is 1.95. The van der Waals surface area contributed by atoms with Crippen LogP contribution in [0.15, 0.2) is 29.8 Å². The van der Waals surface area contributed by atoms with E-state index in [9.17, 15) is 4.79 Å². The highest BCUT2D eigenvalue weighted by atomic mass is 16.5. The Morgan fingerprint density at radius 1 is 1.26 bits per heavy atom. The maximum atomic E-state index is 11.9. The Labute approximate surface area is 136 Å². The molecule has 0 aromatic heterocycles. The second-order valence-electron chi connectivity index (χ2n) is 6.59. The van der Waals surface area contributed by atoms with Gasteiger partial charge in [-0.25, -0.2) is 4.79 Å². The molecule has 5 nitrogen and oxygen atoms in total. The summed E-state index contributed by atoms with van der Waals surface area (Å²) in [5.41, 5.74) is 2.48. The van der Waals surface area contributed by atoms with Crippen LogP contribution in [0.1, 0.15) is 18.4 Å². The van der Waals surface area contributed by atoms with Crippen LogP contribution in [0, 0.1) is 0 Å². The number of likely N-dealkylation sites (tertiary alicyclic amines) is 1. The number of nitrogens with one attached hydrogen (secondary N) is 1. The number of ether oxygens (including phenoxy) is 1. The molecule has 2 amide bonds. The van der Waals surface area contributed by atoms with Gasteiger partial charge in [-0.15, -0.1) is 0 Å². The van der Waals surface area contributed by atoms with Crippen LogP contribution < -0.4 is 10.1 Å². The van der Waals surface area contributed by atoms with Gasteiger partial charge >= 0.3 is 6.03 Å². The van der Waals surface area contributed by atoms with E-state index in [4.69, 9.17) is 4.74 Å². The molecule has 3 aliphatic rings. The van der Waals surface area contributed by atoms with Gasteiger partial charge in [0.15, 0.2) is 0 Å². The molecular formula is C18H23N3O2. The average Bonchev–Trinajstić information content (AvgIpc) is 3.01. The minimum Gasteiger partial charge on any atom is -0.489 e. The molecule has 1 unspecified atom stereocenters. The number of fused-ring (bicyclic) bond motifs is 1. The van der Waals surface area contributed by atoms with Crippen LogP contribution in [0.5, 0.6) is 5.75 Å². The zero-order valence-corrected chi connectivity index (χ0v) is 13.3. The smallest absolute Gasteiger partial charge is 0.317 e. The van der Waals surface area contributed by atoms with E-state index >= 15 is 0 Å². The highest BCUT2D eigenvalue weighted by Gasteiger charge is 2.31. The van der Waals surface area contributed by atoms with Crippen LogP contribution in [-0.2, 0) is 0 Å². The fourth-order valence-corrected chi connectivity index (χ4v) is 3.81. The van der Waals surface area contributed by atoms with Crippen molar-refractivity contribution in [3.05, 3.63) is 35.4 Å². The van der Waals surface area contributed by atoms with Gasteiger partial charge in [0, 0.05) is 37.8 Å². The molecule has 1 atom stereocenters. The Balaban J connectivity index is 1.41. The summed E-state index contributed by atoms with van der Waals surface area (Å²) in [5.74, 6) is 0.974. The molecule has 0 saturated carbocycles. The number of rotatable bonds is 3. The fourth-order valence-electron chi connectivity index (χ4n) is 3.81. The van der Waals surface area contributed by atoms with Gasteiger partial charge in [-0.05, 0) is 37.1 Å². The Kier molecular flexibility index (Phi) is 3.95. The van der Waals surface area contributed by atoms with E-state index in [2.05, 4.69) is 22.4 Å². The highest BCUT2D eigenvalue weighted by molar-refractivity contribution is 5.76. The van der Waals surface area contributed by atoms with Gasteiger partial charge in [0.05, 0.1) is 0 Å². The van der Waals surface area contributed by atoms with Gasteiger partial charge in [-0.3, -0.25) is 4.90 Å². The summed E-state index contributed by atoms with van der Waals surface area (Å²) in [6.45, 7) is 5.29. The Bertz CT molecular complexity index is 628. The molecule has 4 rings (SSSR count). The lowest BCUT2D eigenvalue weighted by Gasteiger charge is -2.37. The van der Waals surface area contributed by atoms with Crippen LogP contribution >= 0.6 is 0 Å². The Hall–Kier alpha value is -2.01. The van der Waals surface area contributed by atoms with Gasteiger partial charge in [-0.1, -0.05) is 18.2 Å². The van der Waals surface area contributed by atoms with E-state index in [1.807, 2.05) is 23.1 Å². The average molecular weight is 313 g/mol. The third-order valence-electron chi connectivity index (χ3n) is 4.93. The van der Waals surface area contributed by atoms with E-state index in [1.54, 1.807) is 0 Å². The third-order valence-corrected chi connectivity index (χ3v) is 4.93. The molecule has 0 spiro atoms. The number of piperidine rings is 1. The number of hydrogen-bond donors (Lipinski definition) is 1. The molecular weight excluding hydrogens is 290 g/mol. The van der Waals surface area contributed by atoms with Crippen molar-refractivity contribution in [3.63, 3.8) is 0 Å². The third kappa shape index (κ3) is 3.06. The lowest BCUT2D eigenvalue weighted by Crippen LogP contribution is -2.49. The maximum absolute atomic E-state index is 11.9. The summed E-state index contributed by atoms with van der Waals surface area (Å²) in [4.78, 5) is 16.3. The number of urea groups is 1. The van der Waals surface area contributed by atoms with Crippen molar-refractivity contribution >= 4 is 12.1 Å². The number of para-hydroxylation sites is 1. The molecule has 0 radical (unpaired) electrons. The summed E-state index contributed by atoms with van der Waals surface area (Å²) >= 11 is 0. The maximum Gasteiger partial charge on any atom is 0.317 e. The lowest BCUT2D eigenvalue weighted by molar-refractivity contribution is 0.130. The highest BCUT2D eigenvalue weighted by Crippen LogP contribution is 2.27. The van der Waals surface area contributed by atoms with Crippen molar-refractivity contribution in [1.29, 1.82) is 0 Å². The van der Waals surface area contributed by atoms with Gasteiger partial charge in [0.25, 0.3) is 0 Å². The molecule has 2 saturated heterocycles. The van der Waals surface area contributed by atoms with E-state index in [0.29, 0.717) is 12.6 Å². The molecule has 1 aromatic carbocycles. The standard InChI is InChI=1S/C18H23N3O2/c22-18-19-7-9-21(18)16-5-3-8-20(12-16)11-14-10-15-4-1-2-6-17(15)23-13-14/h1-2,4,6,10,16H,3,5,7-9,11-13H2,(H,19,22). The summed E-state index contributed by atoms with van der Waals surface area (Å²) < 4.78 is 5.85. The summed E-state index contributed by atoms with van der Waals surface area (Å²) in [6.07, 6.45) is 4.52. The Morgan fingerprint density at radius 3 is 3.04 bits per heavy atom. The van der Waals surface area contributed by atoms with Gasteiger partial charge < -0.3 is 15.0 Å². The molecule has 0 aliphatic carbocycles. The van der Waals surface area contributed by atoms with Crippen molar-refractivity contribution in [3.8, 4) is 5.75 Å². The van der Waals surface area contributed by atoms with Crippen LogP contribution in [0.4, 0.5) is 4.79 Å². The SMILES string of the molecule is O=C1NCCN1C1CCCN(CC2=Cc3ccccc3OC2)C1. The number of nitrogens with zero attached hydrogens (tertiary/aromatic N) is 2. The molecule has 3 aliphatic heterocycles. The summed E-state index contributed by atoms with van der Waals surface area (Å²) in [5, 5.41) is 2.91. The monoisotopic (exact) mass is 313 g/mol. The molecule has 5 heteroatoms. The molecule has 2 fully saturated rings. The van der Waals surface area contributed by atoms with Crippen molar-refractivity contribution in [2.45, 2.75) is 18.9 Å². The van der Waals surface area contributed by atoms with Crippen molar-refractivity contribution in [1.82, 2.24) is 15.1 Å². The number of hydrogen-bond acceptors (Lipinski definition) is 3. The summed E-state index contributed by atoms with van der Waals surface area (Å²) in [6, 6.07) is 8.63. The first-order valence-electron chi connectivity index (χ1n) is 8.48. The normalized spacial score (nSPS) is 24.7. The largest absolute Gasteiger partial charge is 0.489 e. The van der Waals surface area contributed by atoms with Crippen LogP contribution in [0.25, 0.3) is 6.08 Å². The molecule has 3 heterocycles. The number of carbonyl (C=O) groups excluding carboxylic acids is 1. The van der Waals surface area contributed by atoms with E-state index in [1.165, 1.54) is 11.1 Å². The van der Waals surface area contributed by atoms with Crippen LogP contribution in [-0.4, -0.2) is 61.2 Å². The van der Waals surface area contributed by atoms with E-state index in [0.717, 1.165) is 51.3 Å². The minimum absolute atomic E-state index is 0.103. The zero-order valence-electron chi connectivity index (χ0n) is 13.3. The first kappa shape index (κ1) is 14.6. The first-order valence-corrected chi connectivity index (χ1v) is 8.48. The number of amides is 2. The fraction of sp³-hybridized carbons (Fsp3) is 0.500. The molecule has 122 valence electrons. The Morgan fingerprint density at radius 2 is 2.17 bits per heavy atom. The topological polar surface area (TPSA) is 44.8 Å².